The summed E-state index contributed by atoms with van der Waals surface area (Å²) in [6.07, 6.45) is 0. The summed E-state index contributed by atoms with van der Waals surface area (Å²) in [4.78, 5) is 24.5. The number of carbonyl (C=O) groups is 2. The molecule has 0 bridgehead atoms. The Hall–Kier alpha value is -2.62. The number of nitrogens with one attached hydrogen (secondary N) is 1. The Morgan fingerprint density at radius 3 is 2.17 bits per heavy atom. The number of benzene rings is 2. The first kappa shape index (κ1) is 16.7. The van der Waals surface area contributed by atoms with Crippen molar-refractivity contribution in [2.45, 2.75) is 19.9 Å². The van der Waals surface area contributed by atoms with Gasteiger partial charge in [0.25, 0.3) is 5.91 Å². The van der Waals surface area contributed by atoms with E-state index in [2.05, 4.69) is 5.32 Å². The number of ether oxygens (including phenoxy) is 1. The van der Waals surface area contributed by atoms with Gasteiger partial charge in [-0.2, -0.15) is 0 Å². The van der Waals surface area contributed by atoms with Crippen LogP contribution in [0.25, 0.3) is 11.1 Å². The number of esters is 1. The van der Waals surface area contributed by atoms with Gasteiger partial charge in [-0.15, -0.1) is 0 Å². The third-order valence-electron chi connectivity index (χ3n) is 3.66. The summed E-state index contributed by atoms with van der Waals surface area (Å²) in [6.45, 7) is 3.73. The summed E-state index contributed by atoms with van der Waals surface area (Å²) in [5.41, 5.74) is 2.32. The number of carbonyl (C=O) groups excluding carboxylic acids is 2. The molecule has 1 amide bonds. The van der Waals surface area contributed by atoms with Gasteiger partial charge < -0.3 is 10.1 Å². The summed E-state index contributed by atoms with van der Waals surface area (Å²) in [6, 6.07) is 16.4. The van der Waals surface area contributed by atoms with Crippen molar-refractivity contribution in [3.8, 4) is 11.1 Å². The van der Waals surface area contributed by atoms with Crippen molar-refractivity contribution >= 4 is 11.9 Å². The second-order valence-corrected chi connectivity index (χ2v) is 5.63. The van der Waals surface area contributed by atoms with Crippen LogP contribution in [0.15, 0.2) is 54.6 Å². The van der Waals surface area contributed by atoms with E-state index in [9.17, 15) is 9.59 Å². The van der Waals surface area contributed by atoms with E-state index < -0.39 is 12.0 Å². The largest absolute Gasteiger partial charge is 0.467 e. The minimum absolute atomic E-state index is 0.0599. The van der Waals surface area contributed by atoms with Gasteiger partial charge in [0.05, 0.1) is 7.11 Å². The van der Waals surface area contributed by atoms with Crippen molar-refractivity contribution in [2.75, 3.05) is 7.11 Å². The quantitative estimate of drug-likeness (QED) is 0.862. The summed E-state index contributed by atoms with van der Waals surface area (Å²) >= 11 is 0. The van der Waals surface area contributed by atoms with Crippen LogP contribution in [0.2, 0.25) is 0 Å². The molecule has 0 radical (unpaired) electrons. The van der Waals surface area contributed by atoms with Crippen LogP contribution in [0.5, 0.6) is 0 Å². The van der Waals surface area contributed by atoms with Gasteiger partial charge in [0, 0.05) is 5.56 Å². The molecular weight excluding hydrogens is 290 g/mol. The maximum absolute atomic E-state index is 12.7. The molecule has 1 atom stereocenters. The summed E-state index contributed by atoms with van der Waals surface area (Å²) in [7, 11) is 1.32. The molecule has 4 nitrogen and oxygen atoms in total. The maximum Gasteiger partial charge on any atom is 0.328 e. The highest BCUT2D eigenvalue weighted by molar-refractivity contribution is 6.02. The molecule has 0 saturated carbocycles. The van der Waals surface area contributed by atoms with Crippen LogP contribution in [-0.4, -0.2) is 25.0 Å². The van der Waals surface area contributed by atoms with E-state index in [0.29, 0.717) is 5.56 Å². The fourth-order valence-electron chi connectivity index (χ4n) is 2.39. The normalized spacial score (nSPS) is 11.8. The Morgan fingerprint density at radius 1 is 0.957 bits per heavy atom. The minimum atomic E-state index is -0.670. The van der Waals surface area contributed by atoms with E-state index in [-0.39, 0.29) is 11.8 Å². The van der Waals surface area contributed by atoms with Crippen LogP contribution in [0.3, 0.4) is 0 Å². The first-order valence-electron chi connectivity index (χ1n) is 7.57. The monoisotopic (exact) mass is 311 g/mol. The average Bonchev–Trinajstić information content (AvgIpc) is 2.59. The molecule has 120 valence electrons. The van der Waals surface area contributed by atoms with Crippen LogP contribution >= 0.6 is 0 Å². The Bertz CT molecular complexity index is 680. The molecule has 1 N–H and O–H groups in total. The van der Waals surface area contributed by atoms with Gasteiger partial charge in [0.1, 0.15) is 6.04 Å². The Balaban J connectivity index is 2.32. The molecule has 0 aliphatic rings. The predicted octanol–water partition coefficient (Wildman–Crippen LogP) is 3.28. The lowest BCUT2D eigenvalue weighted by molar-refractivity contribution is -0.144. The minimum Gasteiger partial charge on any atom is -0.467 e. The van der Waals surface area contributed by atoms with Crippen molar-refractivity contribution in [2.24, 2.45) is 5.92 Å². The van der Waals surface area contributed by atoms with Gasteiger partial charge in [-0.3, -0.25) is 4.79 Å². The third-order valence-corrected chi connectivity index (χ3v) is 3.66. The fourth-order valence-corrected chi connectivity index (χ4v) is 2.39. The summed E-state index contributed by atoms with van der Waals surface area (Å²) < 4.78 is 4.77. The second kappa shape index (κ2) is 7.58. The lowest BCUT2D eigenvalue weighted by atomic mass is 9.98. The SMILES string of the molecule is COC(=O)C(NC(=O)c1ccccc1-c1ccccc1)C(C)C. The highest BCUT2D eigenvalue weighted by Crippen LogP contribution is 2.23. The number of hydrogen-bond acceptors (Lipinski definition) is 3. The molecule has 0 aliphatic heterocycles. The number of hydrogen-bond donors (Lipinski definition) is 1. The third kappa shape index (κ3) is 3.97. The average molecular weight is 311 g/mol. The first-order chi connectivity index (χ1) is 11.0. The zero-order valence-corrected chi connectivity index (χ0v) is 13.6. The standard InChI is InChI=1S/C19H21NO3/c1-13(2)17(19(22)23-3)20-18(21)16-12-8-7-11-15(16)14-9-5-4-6-10-14/h4-13,17H,1-3H3,(H,20,21). The molecule has 2 rings (SSSR count). The molecule has 0 aromatic heterocycles. The summed E-state index contributed by atoms with van der Waals surface area (Å²) in [5, 5.41) is 2.78. The van der Waals surface area contributed by atoms with Crippen LogP contribution in [-0.2, 0) is 9.53 Å². The van der Waals surface area contributed by atoms with E-state index in [0.717, 1.165) is 11.1 Å². The van der Waals surface area contributed by atoms with E-state index in [1.165, 1.54) is 7.11 Å². The molecule has 4 heteroatoms. The molecule has 0 aliphatic carbocycles. The Morgan fingerprint density at radius 2 is 1.57 bits per heavy atom. The molecule has 0 saturated heterocycles. The van der Waals surface area contributed by atoms with Gasteiger partial charge >= 0.3 is 5.97 Å². The topological polar surface area (TPSA) is 55.4 Å². The van der Waals surface area contributed by atoms with Gasteiger partial charge in [-0.25, -0.2) is 4.79 Å². The molecule has 0 fully saturated rings. The lowest BCUT2D eigenvalue weighted by Crippen LogP contribution is -2.45. The molecule has 23 heavy (non-hydrogen) atoms. The smallest absolute Gasteiger partial charge is 0.328 e. The number of amides is 1. The lowest BCUT2D eigenvalue weighted by Gasteiger charge is -2.20. The zero-order chi connectivity index (χ0) is 16.8. The van der Waals surface area contributed by atoms with Gasteiger partial charge in [0.2, 0.25) is 0 Å². The maximum atomic E-state index is 12.7. The zero-order valence-electron chi connectivity index (χ0n) is 13.6. The van der Waals surface area contributed by atoms with Crippen molar-refractivity contribution < 1.29 is 14.3 Å². The van der Waals surface area contributed by atoms with E-state index >= 15 is 0 Å². The van der Waals surface area contributed by atoms with E-state index in [4.69, 9.17) is 4.74 Å². The van der Waals surface area contributed by atoms with Crippen LogP contribution in [0.1, 0.15) is 24.2 Å². The number of methoxy groups -OCH3 is 1. The second-order valence-electron chi connectivity index (χ2n) is 5.63. The van der Waals surface area contributed by atoms with Gasteiger partial charge in [0.15, 0.2) is 0 Å². The van der Waals surface area contributed by atoms with Crippen LogP contribution in [0, 0.1) is 5.92 Å². The van der Waals surface area contributed by atoms with Crippen molar-refractivity contribution in [3.05, 3.63) is 60.2 Å². The van der Waals surface area contributed by atoms with Crippen molar-refractivity contribution in [1.82, 2.24) is 5.32 Å². The molecule has 0 spiro atoms. The molecule has 0 heterocycles. The Labute approximate surface area is 136 Å². The molecule has 2 aromatic carbocycles. The van der Waals surface area contributed by atoms with Crippen molar-refractivity contribution in [3.63, 3.8) is 0 Å². The Kier molecular flexibility index (Phi) is 5.52. The van der Waals surface area contributed by atoms with Crippen LogP contribution in [0.4, 0.5) is 0 Å². The van der Waals surface area contributed by atoms with E-state index in [1.807, 2.05) is 62.4 Å². The first-order valence-corrected chi connectivity index (χ1v) is 7.57. The molecule has 1 unspecified atom stereocenters. The molecule has 2 aromatic rings. The van der Waals surface area contributed by atoms with Crippen LogP contribution < -0.4 is 5.32 Å². The number of rotatable bonds is 5. The van der Waals surface area contributed by atoms with Gasteiger partial charge in [-0.05, 0) is 23.1 Å². The van der Waals surface area contributed by atoms with Gasteiger partial charge in [-0.1, -0.05) is 62.4 Å². The molecular formula is C19H21NO3. The van der Waals surface area contributed by atoms with Crippen molar-refractivity contribution in [1.29, 1.82) is 0 Å². The summed E-state index contributed by atoms with van der Waals surface area (Å²) in [5.74, 6) is -0.783. The highest BCUT2D eigenvalue weighted by atomic mass is 16.5. The fraction of sp³-hybridized carbons (Fsp3) is 0.263. The van der Waals surface area contributed by atoms with E-state index in [1.54, 1.807) is 6.07 Å². The highest BCUT2D eigenvalue weighted by Gasteiger charge is 2.26. The predicted molar refractivity (Wildman–Crippen MR) is 90.0 cm³/mol.